The molecule has 0 aliphatic carbocycles. The molecule has 0 spiro atoms. The van der Waals surface area contributed by atoms with Crippen LogP contribution in [0.3, 0.4) is 0 Å². The van der Waals surface area contributed by atoms with E-state index in [4.69, 9.17) is 4.74 Å². The average molecular weight is 454 g/mol. The number of ether oxygens (including phenoxy) is 1. The van der Waals surface area contributed by atoms with Crippen molar-refractivity contribution in [1.29, 1.82) is 0 Å². The summed E-state index contributed by atoms with van der Waals surface area (Å²) in [7, 11) is 4.79. The van der Waals surface area contributed by atoms with Crippen molar-refractivity contribution in [2.45, 2.75) is 26.3 Å². The Hall–Kier alpha value is -4.22. The highest BCUT2D eigenvalue weighted by Crippen LogP contribution is 2.37. The van der Waals surface area contributed by atoms with Gasteiger partial charge in [-0.2, -0.15) is 5.10 Å². The lowest BCUT2D eigenvalue weighted by Crippen LogP contribution is -2.43. The van der Waals surface area contributed by atoms with Crippen molar-refractivity contribution in [2.75, 3.05) is 24.8 Å². The number of amides is 3. The number of hydrogen-bond donors (Lipinski definition) is 4. The van der Waals surface area contributed by atoms with Crippen LogP contribution >= 0.6 is 0 Å². The molecular formula is C21H27N9O3. The van der Waals surface area contributed by atoms with Gasteiger partial charge in [0.05, 0.1) is 24.0 Å². The van der Waals surface area contributed by atoms with Crippen LogP contribution in [0.15, 0.2) is 30.6 Å². The van der Waals surface area contributed by atoms with Crippen molar-refractivity contribution in [3.63, 3.8) is 0 Å². The van der Waals surface area contributed by atoms with Gasteiger partial charge < -0.3 is 20.7 Å². The highest BCUT2D eigenvalue weighted by molar-refractivity contribution is 5.99. The number of anilines is 3. The Morgan fingerprint density at radius 3 is 2.48 bits per heavy atom. The van der Waals surface area contributed by atoms with Gasteiger partial charge in [-0.25, -0.2) is 9.78 Å². The largest absolute Gasteiger partial charge is 0.494 e. The van der Waals surface area contributed by atoms with Crippen molar-refractivity contribution in [2.24, 2.45) is 7.05 Å². The number of methoxy groups -OCH3 is 1. The first-order valence-electron chi connectivity index (χ1n) is 10.1. The van der Waals surface area contributed by atoms with Crippen LogP contribution in [-0.4, -0.2) is 56.6 Å². The zero-order chi connectivity index (χ0) is 24.2. The van der Waals surface area contributed by atoms with E-state index in [1.807, 2.05) is 26.8 Å². The van der Waals surface area contributed by atoms with E-state index in [0.29, 0.717) is 28.5 Å². The number of nitrogens with zero attached hydrogens (tertiary/aromatic N) is 5. The lowest BCUT2D eigenvalue weighted by Gasteiger charge is -2.20. The SMILES string of the molecule is CNC(=O)c1nnc(NC(=O)NC(C)(C)C)cc1Nc1cccc(-c2ncn(C)n2)c1OC. The number of hydrogen-bond acceptors (Lipinski definition) is 8. The van der Waals surface area contributed by atoms with E-state index in [1.54, 1.807) is 30.2 Å². The summed E-state index contributed by atoms with van der Waals surface area (Å²) in [6, 6.07) is 6.48. The third kappa shape index (κ3) is 5.73. The molecule has 3 aromatic rings. The van der Waals surface area contributed by atoms with Crippen molar-refractivity contribution >= 4 is 29.1 Å². The first kappa shape index (κ1) is 23.4. The van der Waals surface area contributed by atoms with Gasteiger partial charge in [-0.05, 0) is 32.9 Å². The molecule has 0 bridgehead atoms. The van der Waals surface area contributed by atoms with Gasteiger partial charge in [-0.15, -0.1) is 10.2 Å². The second-order valence-corrected chi connectivity index (χ2v) is 8.15. The lowest BCUT2D eigenvalue weighted by atomic mass is 10.1. The summed E-state index contributed by atoms with van der Waals surface area (Å²) in [4.78, 5) is 28.9. The molecule has 2 aromatic heterocycles. The topological polar surface area (TPSA) is 148 Å². The van der Waals surface area contributed by atoms with E-state index < -0.39 is 17.5 Å². The number of aromatic nitrogens is 5. The minimum atomic E-state index is -0.448. The molecule has 0 atom stereocenters. The van der Waals surface area contributed by atoms with Gasteiger partial charge in [-0.3, -0.25) is 14.8 Å². The molecule has 0 fully saturated rings. The molecule has 0 saturated carbocycles. The van der Waals surface area contributed by atoms with Gasteiger partial charge in [0.2, 0.25) is 0 Å². The zero-order valence-corrected chi connectivity index (χ0v) is 19.3. The molecule has 0 saturated heterocycles. The molecule has 33 heavy (non-hydrogen) atoms. The van der Waals surface area contributed by atoms with E-state index in [1.165, 1.54) is 20.2 Å². The van der Waals surface area contributed by atoms with E-state index in [2.05, 4.69) is 41.5 Å². The van der Waals surface area contributed by atoms with Crippen molar-refractivity contribution in [3.8, 4) is 17.1 Å². The van der Waals surface area contributed by atoms with Crippen molar-refractivity contribution < 1.29 is 14.3 Å². The highest BCUT2D eigenvalue weighted by Gasteiger charge is 2.20. The Kier molecular flexibility index (Phi) is 6.75. The Morgan fingerprint density at radius 2 is 1.88 bits per heavy atom. The van der Waals surface area contributed by atoms with Crippen LogP contribution in [0.4, 0.5) is 22.0 Å². The maximum atomic E-state index is 12.4. The number of benzene rings is 1. The number of aryl methyl sites for hydroxylation is 1. The molecule has 174 valence electrons. The molecule has 0 unspecified atom stereocenters. The molecule has 12 nitrogen and oxygen atoms in total. The van der Waals surface area contributed by atoms with Crippen LogP contribution in [-0.2, 0) is 7.05 Å². The Balaban J connectivity index is 1.99. The van der Waals surface area contributed by atoms with Crippen molar-refractivity contribution in [3.05, 3.63) is 36.3 Å². The second kappa shape index (κ2) is 9.51. The van der Waals surface area contributed by atoms with Gasteiger partial charge in [0.15, 0.2) is 23.1 Å². The molecule has 1 aromatic carbocycles. The first-order valence-corrected chi connectivity index (χ1v) is 10.1. The van der Waals surface area contributed by atoms with Crippen LogP contribution in [0.5, 0.6) is 5.75 Å². The first-order chi connectivity index (χ1) is 15.6. The predicted octanol–water partition coefficient (Wildman–Crippen LogP) is 2.30. The summed E-state index contributed by atoms with van der Waals surface area (Å²) in [5, 5.41) is 23.4. The molecule has 0 aliphatic heterocycles. The smallest absolute Gasteiger partial charge is 0.320 e. The summed E-state index contributed by atoms with van der Waals surface area (Å²) in [6.07, 6.45) is 1.59. The highest BCUT2D eigenvalue weighted by atomic mass is 16.5. The average Bonchev–Trinajstić information content (AvgIpc) is 3.18. The monoisotopic (exact) mass is 453 g/mol. The summed E-state index contributed by atoms with van der Waals surface area (Å²) < 4.78 is 7.21. The minimum absolute atomic E-state index is 0.0442. The fourth-order valence-electron chi connectivity index (χ4n) is 2.96. The van der Waals surface area contributed by atoms with E-state index in [0.717, 1.165) is 0 Å². The Morgan fingerprint density at radius 1 is 1.12 bits per heavy atom. The number of carbonyl (C=O) groups excluding carboxylic acids is 2. The van der Waals surface area contributed by atoms with Crippen LogP contribution in [0, 0.1) is 0 Å². The fraction of sp³-hybridized carbons (Fsp3) is 0.333. The van der Waals surface area contributed by atoms with E-state index in [-0.39, 0.29) is 11.5 Å². The molecule has 0 aliphatic rings. The van der Waals surface area contributed by atoms with Crippen molar-refractivity contribution in [1.82, 2.24) is 35.6 Å². The number of carbonyl (C=O) groups is 2. The summed E-state index contributed by atoms with van der Waals surface area (Å²) >= 11 is 0. The zero-order valence-electron chi connectivity index (χ0n) is 19.3. The minimum Gasteiger partial charge on any atom is -0.494 e. The quantitative estimate of drug-likeness (QED) is 0.444. The van der Waals surface area contributed by atoms with Crippen LogP contribution in [0.25, 0.3) is 11.4 Å². The predicted molar refractivity (Wildman–Crippen MR) is 124 cm³/mol. The van der Waals surface area contributed by atoms with Gasteiger partial charge >= 0.3 is 6.03 Å². The summed E-state index contributed by atoms with van der Waals surface area (Å²) in [5.74, 6) is 0.674. The molecular weight excluding hydrogens is 426 g/mol. The van der Waals surface area contributed by atoms with Gasteiger partial charge in [0.25, 0.3) is 5.91 Å². The van der Waals surface area contributed by atoms with E-state index >= 15 is 0 Å². The van der Waals surface area contributed by atoms with Gasteiger partial charge in [0, 0.05) is 25.7 Å². The Labute approximate surface area is 191 Å². The lowest BCUT2D eigenvalue weighted by molar-refractivity contribution is 0.0958. The standard InChI is InChI=1S/C21H27N9O3/c1-21(2,3)26-20(32)25-15-10-14(16(28-27-15)19(31)22-4)24-13-9-7-8-12(17(13)33-6)18-23-11-30(5)29-18/h7-11H,1-6H3,(H,22,31)(H3,24,25,26,27,32). The molecule has 3 amide bonds. The van der Waals surface area contributed by atoms with Crippen LogP contribution in [0.2, 0.25) is 0 Å². The maximum Gasteiger partial charge on any atom is 0.320 e. The second-order valence-electron chi connectivity index (χ2n) is 8.15. The summed E-state index contributed by atoms with van der Waals surface area (Å²) in [5.41, 5.74) is 1.14. The van der Waals surface area contributed by atoms with Gasteiger partial charge in [-0.1, -0.05) is 6.07 Å². The van der Waals surface area contributed by atoms with Gasteiger partial charge in [0.1, 0.15) is 6.33 Å². The molecule has 4 N–H and O–H groups in total. The maximum absolute atomic E-state index is 12.4. The number of para-hydroxylation sites is 1. The van der Waals surface area contributed by atoms with Crippen LogP contribution in [0.1, 0.15) is 31.3 Å². The number of nitrogens with one attached hydrogen (secondary N) is 4. The number of rotatable bonds is 6. The molecule has 3 rings (SSSR count). The fourth-order valence-corrected chi connectivity index (χ4v) is 2.96. The molecule has 0 radical (unpaired) electrons. The molecule has 12 heteroatoms. The van der Waals surface area contributed by atoms with Crippen LogP contribution < -0.4 is 26.0 Å². The number of urea groups is 1. The Bertz CT molecular complexity index is 1170. The molecule has 2 heterocycles. The summed E-state index contributed by atoms with van der Waals surface area (Å²) in [6.45, 7) is 5.57. The normalized spacial score (nSPS) is 11.0. The third-order valence-corrected chi connectivity index (χ3v) is 4.30. The van der Waals surface area contributed by atoms with E-state index in [9.17, 15) is 9.59 Å². The third-order valence-electron chi connectivity index (χ3n) is 4.30.